The average molecular weight is 537 g/mol. The van der Waals surface area contributed by atoms with Gasteiger partial charge in [0.15, 0.2) is 0 Å². The minimum atomic E-state index is -0.951. The van der Waals surface area contributed by atoms with Gasteiger partial charge in [0.05, 0.1) is 36.2 Å². The lowest BCUT2D eigenvalue weighted by Gasteiger charge is -2.16. The molecule has 0 saturated heterocycles. The average Bonchev–Trinajstić information content (AvgIpc) is 2.96. The molecule has 0 N–H and O–H groups in total. The molecule has 1 heterocycles. The summed E-state index contributed by atoms with van der Waals surface area (Å²) >= 11 is 0. The van der Waals surface area contributed by atoms with E-state index in [2.05, 4.69) is 15.0 Å². The smallest absolute Gasteiger partial charge is 0.246 e. The third kappa shape index (κ3) is 5.55. The molecule has 4 aromatic rings. The van der Waals surface area contributed by atoms with Crippen molar-refractivity contribution in [3.63, 3.8) is 0 Å². The molecular weight excluding hydrogens is 516 g/mol. The van der Waals surface area contributed by atoms with Crippen LogP contribution in [0.3, 0.4) is 0 Å². The normalized spacial score (nSPS) is 11.0. The topological polar surface area (TPSA) is 154 Å². The highest BCUT2D eigenvalue weighted by Gasteiger charge is 2.20. The summed E-state index contributed by atoms with van der Waals surface area (Å²) in [6.07, 6.45) is 4.37. The van der Waals surface area contributed by atoms with Gasteiger partial charge in [0.2, 0.25) is 18.2 Å². The fraction of sp³-hybridized carbons (Fsp3) is 0.143. The largest absolute Gasteiger partial charge is 0.345 e. The lowest BCUT2D eigenvalue weighted by atomic mass is 10.1. The molecule has 0 bridgehead atoms. The van der Waals surface area contributed by atoms with Gasteiger partial charge in [-0.1, -0.05) is 36.4 Å². The predicted molar refractivity (Wildman–Crippen MR) is 143 cm³/mol. The lowest BCUT2D eigenvalue weighted by molar-refractivity contribution is 0.559. The van der Waals surface area contributed by atoms with Gasteiger partial charge < -0.3 is 0 Å². The zero-order valence-electron chi connectivity index (χ0n) is 21.1. The molecule has 1 aromatic heterocycles. The minimum Gasteiger partial charge on any atom is -0.246 e. The molecule has 1 atom stereocenters. The van der Waals surface area contributed by atoms with Gasteiger partial charge in [-0.3, -0.25) is 0 Å². The van der Waals surface area contributed by atoms with Crippen molar-refractivity contribution >= 4 is 18.2 Å². The molecule has 12 nitrogen and oxygen atoms in total. The molecule has 0 saturated carbocycles. The van der Waals surface area contributed by atoms with Gasteiger partial charge in [-0.25, -0.2) is 52.5 Å². The van der Waals surface area contributed by atoms with Crippen LogP contribution < -0.4 is 17.1 Å². The van der Waals surface area contributed by atoms with Crippen molar-refractivity contribution < 1.29 is 14.4 Å². The van der Waals surface area contributed by atoms with E-state index in [4.69, 9.17) is 0 Å². The quantitative estimate of drug-likeness (QED) is 0.236. The second-order valence-corrected chi connectivity index (χ2v) is 8.50. The number of nitrogens with zero attached hydrogens (tertiary/aromatic N) is 6. The number of rotatable bonds is 9. The Bertz CT molecular complexity index is 1820. The molecule has 0 spiro atoms. The SMILES string of the molecule is CC(N=C=O)c1cccc(-n2c(=O)n(-c3cccc(CN=C=O)c3)c(=O)n(-c3cccc(CN=C=O)c3)c2=O)c1. The fourth-order valence-corrected chi connectivity index (χ4v) is 4.12. The Balaban J connectivity index is 2.08. The maximum Gasteiger partial charge on any atom is 0.345 e. The first-order valence-corrected chi connectivity index (χ1v) is 11.8. The van der Waals surface area contributed by atoms with Crippen LogP contribution in [0.25, 0.3) is 17.1 Å². The maximum absolute atomic E-state index is 13.8. The number of aliphatic imine (C=N–C) groups is 3. The molecular formula is C28H20N6O6. The molecule has 12 heteroatoms. The van der Waals surface area contributed by atoms with Gasteiger partial charge in [0, 0.05) is 0 Å². The Labute approximate surface area is 225 Å². The van der Waals surface area contributed by atoms with Crippen molar-refractivity contribution in [3.8, 4) is 17.1 Å². The van der Waals surface area contributed by atoms with Gasteiger partial charge in [-0.05, 0) is 60.0 Å². The summed E-state index contributed by atoms with van der Waals surface area (Å²) in [7, 11) is 0. The van der Waals surface area contributed by atoms with Crippen LogP contribution in [0.5, 0.6) is 0 Å². The highest BCUT2D eigenvalue weighted by atomic mass is 16.2. The van der Waals surface area contributed by atoms with Gasteiger partial charge in [-0.2, -0.15) is 4.99 Å². The van der Waals surface area contributed by atoms with Crippen molar-refractivity contribution in [1.82, 2.24) is 13.7 Å². The molecule has 40 heavy (non-hydrogen) atoms. The zero-order chi connectivity index (χ0) is 28.6. The summed E-state index contributed by atoms with van der Waals surface area (Å²) in [5, 5.41) is 0. The fourth-order valence-electron chi connectivity index (χ4n) is 4.12. The molecule has 0 amide bonds. The van der Waals surface area contributed by atoms with Crippen molar-refractivity contribution in [3.05, 3.63) is 121 Å². The van der Waals surface area contributed by atoms with E-state index in [0.717, 1.165) is 13.7 Å². The predicted octanol–water partition coefficient (Wildman–Crippen LogP) is 2.21. The van der Waals surface area contributed by atoms with Crippen LogP contribution in [-0.2, 0) is 27.5 Å². The number of aromatic nitrogens is 3. The van der Waals surface area contributed by atoms with Gasteiger partial charge in [0.1, 0.15) is 0 Å². The van der Waals surface area contributed by atoms with Crippen molar-refractivity contribution in [1.29, 1.82) is 0 Å². The van der Waals surface area contributed by atoms with Gasteiger partial charge in [0.25, 0.3) is 0 Å². The van der Waals surface area contributed by atoms with E-state index in [0.29, 0.717) is 16.7 Å². The number of benzene rings is 3. The minimum absolute atomic E-state index is 0.0314. The van der Waals surface area contributed by atoms with E-state index in [1.165, 1.54) is 54.6 Å². The third-order valence-corrected chi connectivity index (χ3v) is 5.99. The molecule has 0 aliphatic heterocycles. The Hall–Kier alpha value is -5.79. The van der Waals surface area contributed by atoms with E-state index in [-0.39, 0.29) is 30.2 Å². The van der Waals surface area contributed by atoms with Crippen LogP contribution in [0.15, 0.2) is 102 Å². The van der Waals surface area contributed by atoms with E-state index < -0.39 is 23.1 Å². The second-order valence-electron chi connectivity index (χ2n) is 8.50. The van der Waals surface area contributed by atoms with Crippen LogP contribution in [0.2, 0.25) is 0 Å². The van der Waals surface area contributed by atoms with Crippen LogP contribution in [0.1, 0.15) is 29.7 Å². The first kappa shape index (κ1) is 27.3. The Kier molecular flexibility index (Phi) is 8.29. The van der Waals surface area contributed by atoms with Gasteiger partial charge >= 0.3 is 17.1 Å². The highest BCUT2D eigenvalue weighted by Crippen LogP contribution is 2.19. The van der Waals surface area contributed by atoms with Crippen LogP contribution in [0.4, 0.5) is 0 Å². The summed E-state index contributed by atoms with van der Waals surface area (Å²) in [6, 6.07) is 18.1. The molecule has 1 unspecified atom stereocenters. The van der Waals surface area contributed by atoms with Crippen LogP contribution >= 0.6 is 0 Å². The highest BCUT2D eigenvalue weighted by molar-refractivity contribution is 5.43. The lowest BCUT2D eigenvalue weighted by Crippen LogP contribution is -2.52. The first-order chi connectivity index (χ1) is 19.4. The Morgan fingerprint density at radius 2 is 1.05 bits per heavy atom. The standard InChI is InChI=1S/C28H20N6O6/c1-19(31-18-37)22-7-4-10-25(13-22)34-27(39)32(23-8-2-5-20(11-23)14-29-16-35)26(38)33(28(34)40)24-9-3-6-21(12-24)15-30-17-36/h2-13,19H,14-15H2,1H3. The molecule has 0 radical (unpaired) electrons. The summed E-state index contributed by atoms with van der Waals surface area (Å²) in [6.45, 7) is 1.58. The zero-order valence-corrected chi connectivity index (χ0v) is 21.1. The Morgan fingerprint density at radius 1 is 0.625 bits per heavy atom. The van der Waals surface area contributed by atoms with Crippen LogP contribution in [-0.4, -0.2) is 31.9 Å². The number of hydrogen-bond donors (Lipinski definition) is 0. The summed E-state index contributed by atoms with van der Waals surface area (Å²) in [5.74, 6) is 0. The Morgan fingerprint density at radius 3 is 1.48 bits per heavy atom. The molecule has 0 aliphatic carbocycles. The van der Waals surface area contributed by atoms with Crippen LogP contribution in [0, 0.1) is 0 Å². The monoisotopic (exact) mass is 536 g/mol. The summed E-state index contributed by atoms with van der Waals surface area (Å²) < 4.78 is 2.48. The van der Waals surface area contributed by atoms with E-state index in [1.54, 1.807) is 43.3 Å². The first-order valence-electron chi connectivity index (χ1n) is 11.8. The molecule has 3 aromatic carbocycles. The van der Waals surface area contributed by atoms with Gasteiger partial charge in [-0.15, -0.1) is 0 Å². The molecule has 4 rings (SSSR count). The number of carbonyl (C=O) groups excluding carboxylic acids is 3. The van der Waals surface area contributed by atoms with E-state index >= 15 is 0 Å². The van der Waals surface area contributed by atoms with E-state index in [1.807, 2.05) is 0 Å². The van der Waals surface area contributed by atoms with Crippen molar-refractivity contribution in [2.75, 3.05) is 0 Å². The summed E-state index contributed by atoms with van der Waals surface area (Å²) in [4.78, 5) is 84.2. The van der Waals surface area contributed by atoms with E-state index in [9.17, 15) is 28.8 Å². The summed E-state index contributed by atoms with van der Waals surface area (Å²) in [5.41, 5.74) is -0.889. The third-order valence-electron chi connectivity index (χ3n) is 5.99. The maximum atomic E-state index is 13.8. The second kappa shape index (κ2) is 12.2. The van der Waals surface area contributed by atoms with Crippen molar-refractivity contribution in [2.45, 2.75) is 26.1 Å². The number of hydrogen-bond acceptors (Lipinski definition) is 9. The molecule has 198 valence electrons. The number of isocyanates is 3. The molecule has 0 aliphatic rings. The molecule has 0 fully saturated rings. The van der Waals surface area contributed by atoms with Crippen molar-refractivity contribution in [2.24, 2.45) is 15.0 Å².